The van der Waals surface area contributed by atoms with E-state index in [9.17, 15) is 0 Å². The second kappa shape index (κ2) is 6.75. The fourth-order valence-electron chi connectivity index (χ4n) is 2.76. The third-order valence-corrected chi connectivity index (χ3v) is 4.00. The van der Waals surface area contributed by atoms with Gasteiger partial charge in [0.2, 0.25) is 0 Å². The minimum Gasteiger partial charge on any atom is -0.324 e. The van der Waals surface area contributed by atoms with Crippen molar-refractivity contribution in [3.8, 4) is 0 Å². The van der Waals surface area contributed by atoms with Gasteiger partial charge in [0.25, 0.3) is 0 Å². The zero-order chi connectivity index (χ0) is 12.8. The van der Waals surface area contributed by atoms with E-state index in [0.717, 1.165) is 6.42 Å². The molecule has 0 heterocycles. The zero-order valence-electron chi connectivity index (χ0n) is 11.5. The number of hydrogen-bond acceptors (Lipinski definition) is 1. The van der Waals surface area contributed by atoms with E-state index in [2.05, 4.69) is 37.3 Å². The fourth-order valence-corrected chi connectivity index (χ4v) is 2.76. The molecule has 0 aliphatic heterocycles. The molecule has 1 unspecified atom stereocenters. The summed E-state index contributed by atoms with van der Waals surface area (Å²) in [6, 6.07) is 8.80. The van der Waals surface area contributed by atoms with Gasteiger partial charge in [-0.15, -0.1) is 0 Å². The van der Waals surface area contributed by atoms with Crippen molar-refractivity contribution in [3.63, 3.8) is 0 Å². The molecule has 1 aliphatic carbocycles. The number of rotatable bonds is 3. The minimum atomic E-state index is 0.212. The summed E-state index contributed by atoms with van der Waals surface area (Å²) >= 11 is 0. The van der Waals surface area contributed by atoms with E-state index >= 15 is 0 Å². The van der Waals surface area contributed by atoms with Crippen LogP contribution in [0.1, 0.15) is 49.7 Å². The molecule has 18 heavy (non-hydrogen) atoms. The largest absolute Gasteiger partial charge is 0.324 e. The predicted molar refractivity (Wildman–Crippen MR) is 78.6 cm³/mol. The Morgan fingerprint density at radius 2 is 1.89 bits per heavy atom. The summed E-state index contributed by atoms with van der Waals surface area (Å²) in [4.78, 5) is 0. The lowest BCUT2D eigenvalue weighted by atomic mass is 9.91. The molecule has 0 amide bonds. The highest BCUT2D eigenvalue weighted by Crippen LogP contribution is 2.21. The highest BCUT2D eigenvalue weighted by atomic mass is 14.6. The van der Waals surface area contributed by atoms with E-state index in [0.29, 0.717) is 0 Å². The predicted octanol–water partition coefficient (Wildman–Crippen LogP) is 4.15. The van der Waals surface area contributed by atoms with Gasteiger partial charge in [0.05, 0.1) is 0 Å². The SMILES string of the molecule is Cc1ccccc1CC(N)/C1=C/CCCCCC1. The molecular weight excluding hydrogens is 218 g/mol. The Bertz CT molecular complexity index is 406. The van der Waals surface area contributed by atoms with Crippen LogP contribution in [0.2, 0.25) is 0 Å². The van der Waals surface area contributed by atoms with E-state index in [-0.39, 0.29) is 6.04 Å². The molecule has 0 fully saturated rings. The van der Waals surface area contributed by atoms with Gasteiger partial charge in [-0.1, -0.05) is 48.8 Å². The number of nitrogens with two attached hydrogens (primary N) is 1. The van der Waals surface area contributed by atoms with E-state index in [1.807, 2.05) is 0 Å². The van der Waals surface area contributed by atoms with Gasteiger partial charge in [-0.25, -0.2) is 0 Å². The first kappa shape index (κ1) is 13.4. The van der Waals surface area contributed by atoms with Crippen LogP contribution >= 0.6 is 0 Å². The average Bonchev–Trinajstić information content (AvgIpc) is 2.31. The van der Waals surface area contributed by atoms with Crippen molar-refractivity contribution in [3.05, 3.63) is 47.0 Å². The van der Waals surface area contributed by atoms with E-state index in [4.69, 9.17) is 5.73 Å². The maximum absolute atomic E-state index is 6.40. The quantitative estimate of drug-likeness (QED) is 0.793. The lowest BCUT2D eigenvalue weighted by molar-refractivity contribution is 0.594. The molecule has 0 spiro atoms. The Hall–Kier alpha value is -1.08. The topological polar surface area (TPSA) is 26.0 Å². The van der Waals surface area contributed by atoms with Crippen molar-refractivity contribution >= 4 is 0 Å². The van der Waals surface area contributed by atoms with Gasteiger partial charge in [0.15, 0.2) is 0 Å². The molecule has 0 saturated carbocycles. The summed E-state index contributed by atoms with van der Waals surface area (Å²) in [6.07, 6.45) is 11.2. The maximum Gasteiger partial charge on any atom is 0.0294 e. The average molecular weight is 243 g/mol. The van der Waals surface area contributed by atoms with Gasteiger partial charge in [-0.3, -0.25) is 0 Å². The molecule has 1 atom stereocenters. The first-order valence-electron chi connectivity index (χ1n) is 7.26. The molecule has 1 aliphatic rings. The first-order chi connectivity index (χ1) is 8.77. The summed E-state index contributed by atoms with van der Waals surface area (Å²) in [6.45, 7) is 2.18. The monoisotopic (exact) mass is 243 g/mol. The van der Waals surface area contributed by atoms with E-state index in [1.54, 1.807) is 0 Å². The van der Waals surface area contributed by atoms with Crippen LogP contribution in [-0.4, -0.2) is 6.04 Å². The highest BCUT2D eigenvalue weighted by molar-refractivity contribution is 5.28. The van der Waals surface area contributed by atoms with Gasteiger partial charge >= 0.3 is 0 Å². The van der Waals surface area contributed by atoms with Crippen LogP contribution < -0.4 is 5.73 Å². The van der Waals surface area contributed by atoms with Crippen molar-refractivity contribution in [2.45, 2.75) is 57.9 Å². The molecule has 2 rings (SSSR count). The Balaban J connectivity index is 2.02. The third kappa shape index (κ3) is 3.71. The van der Waals surface area contributed by atoms with Crippen LogP contribution in [0.15, 0.2) is 35.9 Å². The van der Waals surface area contributed by atoms with Crippen LogP contribution in [0.4, 0.5) is 0 Å². The number of allylic oxidation sites excluding steroid dienone is 1. The maximum atomic E-state index is 6.40. The lowest BCUT2D eigenvalue weighted by Crippen LogP contribution is -2.26. The number of benzene rings is 1. The molecule has 0 bridgehead atoms. The van der Waals surface area contributed by atoms with Gasteiger partial charge in [-0.05, 0) is 50.2 Å². The first-order valence-corrected chi connectivity index (χ1v) is 7.26. The van der Waals surface area contributed by atoms with E-state index < -0.39 is 0 Å². The van der Waals surface area contributed by atoms with Gasteiger partial charge in [0, 0.05) is 6.04 Å². The smallest absolute Gasteiger partial charge is 0.0294 e. The van der Waals surface area contributed by atoms with Crippen LogP contribution in [0.25, 0.3) is 0 Å². The second-order valence-corrected chi connectivity index (χ2v) is 5.47. The Morgan fingerprint density at radius 1 is 1.11 bits per heavy atom. The van der Waals surface area contributed by atoms with Crippen LogP contribution in [-0.2, 0) is 6.42 Å². The van der Waals surface area contributed by atoms with Crippen molar-refractivity contribution in [1.29, 1.82) is 0 Å². The van der Waals surface area contributed by atoms with Crippen molar-refractivity contribution in [2.24, 2.45) is 5.73 Å². The molecule has 1 heteroatoms. The van der Waals surface area contributed by atoms with Gasteiger partial charge in [0.1, 0.15) is 0 Å². The van der Waals surface area contributed by atoms with Crippen molar-refractivity contribution in [2.75, 3.05) is 0 Å². The minimum absolute atomic E-state index is 0.212. The molecule has 1 aromatic carbocycles. The standard InChI is InChI=1S/C17H25N/c1-14-9-7-8-12-16(14)13-17(18)15-10-5-3-2-4-6-11-15/h7-10,12,17H,2-6,11,13,18H2,1H3/b15-10+. The summed E-state index contributed by atoms with van der Waals surface area (Å²) < 4.78 is 0. The fraction of sp³-hybridized carbons (Fsp3) is 0.529. The van der Waals surface area contributed by atoms with Gasteiger partial charge < -0.3 is 5.73 Å². The molecule has 1 aromatic rings. The Labute approximate surface area is 111 Å². The Kier molecular flexibility index (Phi) is 5.00. The number of aryl methyl sites for hydroxylation is 1. The van der Waals surface area contributed by atoms with Crippen LogP contribution in [0.3, 0.4) is 0 Å². The normalized spacial score (nSPS) is 21.6. The molecule has 0 radical (unpaired) electrons. The van der Waals surface area contributed by atoms with Crippen LogP contribution in [0, 0.1) is 6.92 Å². The molecule has 98 valence electrons. The highest BCUT2D eigenvalue weighted by Gasteiger charge is 2.12. The van der Waals surface area contributed by atoms with Crippen molar-refractivity contribution in [1.82, 2.24) is 0 Å². The summed E-state index contributed by atoms with van der Waals surface area (Å²) in [5.74, 6) is 0. The molecule has 2 N–H and O–H groups in total. The van der Waals surface area contributed by atoms with Gasteiger partial charge in [-0.2, -0.15) is 0 Å². The molecule has 0 aromatic heterocycles. The lowest BCUT2D eigenvalue weighted by Gasteiger charge is -2.19. The summed E-state index contributed by atoms with van der Waals surface area (Å²) in [7, 11) is 0. The zero-order valence-corrected chi connectivity index (χ0v) is 11.5. The summed E-state index contributed by atoms with van der Waals surface area (Å²) in [5.41, 5.74) is 10.6. The Morgan fingerprint density at radius 3 is 2.72 bits per heavy atom. The van der Waals surface area contributed by atoms with E-state index in [1.165, 1.54) is 55.2 Å². The van der Waals surface area contributed by atoms with Crippen molar-refractivity contribution < 1.29 is 0 Å². The number of hydrogen-bond donors (Lipinski definition) is 1. The molecule has 0 saturated heterocycles. The van der Waals surface area contributed by atoms with Crippen LogP contribution in [0.5, 0.6) is 0 Å². The molecule has 1 nitrogen and oxygen atoms in total. The third-order valence-electron chi connectivity index (χ3n) is 4.00. The summed E-state index contributed by atoms with van der Waals surface area (Å²) in [5, 5.41) is 0. The molecular formula is C17H25N. The second-order valence-electron chi connectivity index (χ2n) is 5.47.